The van der Waals surface area contributed by atoms with E-state index in [0.29, 0.717) is 12.0 Å². The predicted octanol–water partition coefficient (Wildman–Crippen LogP) is 4.14. The number of nitrogens with one attached hydrogen (secondary N) is 2. The molecule has 1 aromatic carbocycles. The summed E-state index contributed by atoms with van der Waals surface area (Å²) in [6.07, 6.45) is 3.56. The van der Waals surface area contributed by atoms with Crippen LogP contribution in [0.3, 0.4) is 0 Å². The number of carbonyl (C=O) groups excluding carboxylic acids is 1. The molecule has 1 aliphatic carbocycles. The van der Waals surface area contributed by atoms with Crippen LogP contribution in [-0.4, -0.2) is 64.9 Å². The van der Waals surface area contributed by atoms with Crippen molar-refractivity contribution in [2.24, 2.45) is 5.41 Å². The van der Waals surface area contributed by atoms with Gasteiger partial charge in [0.2, 0.25) is 5.91 Å². The predicted molar refractivity (Wildman–Crippen MR) is 132 cm³/mol. The number of carbonyl (C=O) groups is 1. The number of nitrogens with zero attached hydrogens (tertiary/aromatic N) is 3. The summed E-state index contributed by atoms with van der Waals surface area (Å²) in [5.41, 5.74) is 6.88. The minimum Gasteiger partial charge on any atom is -0.373 e. The van der Waals surface area contributed by atoms with Gasteiger partial charge in [0.05, 0.1) is 24.4 Å². The van der Waals surface area contributed by atoms with Crippen molar-refractivity contribution >= 4 is 22.5 Å². The number of anilines is 1. The van der Waals surface area contributed by atoms with Crippen molar-refractivity contribution in [2.45, 2.75) is 59.2 Å². The molecule has 0 bridgehead atoms. The van der Waals surface area contributed by atoms with Crippen LogP contribution >= 0.6 is 0 Å². The second kappa shape index (κ2) is 8.29. The van der Waals surface area contributed by atoms with Crippen LogP contribution in [0.25, 0.3) is 22.3 Å². The van der Waals surface area contributed by atoms with Gasteiger partial charge in [-0.05, 0) is 56.7 Å². The van der Waals surface area contributed by atoms with E-state index in [1.165, 1.54) is 17.7 Å². The number of morpholine rings is 1. The lowest BCUT2D eigenvalue weighted by atomic mass is 9.76. The number of H-pyrrole nitrogens is 2. The highest BCUT2D eigenvalue weighted by Gasteiger charge is 2.29. The molecule has 3 aromatic rings. The van der Waals surface area contributed by atoms with E-state index in [0.717, 1.165) is 53.9 Å². The van der Waals surface area contributed by atoms with Crippen molar-refractivity contribution in [3.8, 4) is 11.4 Å². The van der Waals surface area contributed by atoms with E-state index in [1.54, 1.807) is 4.90 Å². The van der Waals surface area contributed by atoms with Gasteiger partial charge in [-0.3, -0.25) is 14.8 Å². The quantitative estimate of drug-likeness (QED) is 0.627. The molecule has 176 valence electrons. The first-order chi connectivity index (χ1) is 15.7. The largest absolute Gasteiger partial charge is 0.373 e. The Morgan fingerprint density at radius 1 is 1.24 bits per heavy atom. The molecule has 2 atom stereocenters. The van der Waals surface area contributed by atoms with E-state index in [-0.39, 0.29) is 18.1 Å². The van der Waals surface area contributed by atoms with Gasteiger partial charge in [-0.25, -0.2) is 0 Å². The van der Waals surface area contributed by atoms with E-state index in [2.05, 4.69) is 66.0 Å². The van der Waals surface area contributed by atoms with Gasteiger partial charge in [-0.15, -0.1) is 0 Å². The van der Waals surface area contributed by atoms with Crippen molar-refractivity contribution in [3.05, 3.63) is 35.5 Å². The number of amides is 1. The first-order valence-electron chi connectivity index (χ1n) is 12.0. The first kappa shape index (κ1) is 22.2. The number of hydrogen-bond donors (Lipinski definition) is 2. The lowest BCUT2D eigenvalue weighted by molar-refractivity contribution is -0.123. The Kier molecular flexibility index (Phi) is 5.57. The standard InChI is InChI=1S/C26H35N5O2/c1-16-13-31(14-17(2)33-16)15-24(32)30(5)19-7-6-18-10-22(27-21(18)11-19)25-20-8-9-26(3,4)12-23(20)28-29-25/h6-7,10-11,16-17,27H,8-9,12-15H2,1-5H3,(H,28,29)/t16-,17+. The summed E-state index contributed by atoms with van der Waals surface area (Å²) >= 11 is 0. The second-order valence-electron chi connectivity index (χ2n) is 10.7. The van der Waals surface area contributed by atoms with Crippen LogP contribution in [-0.2, 0) is 22.4 Å². The topological polar surface area (TPSA) is 77.3 Å². The summed E-state index contributed by atoms with van der Waals surface area (Å²) in [6.45, 7) is 10.7. The molecular formula is C26H35N5O2. The van der Waals surface area contributed by atoms with Crippen LogP contribution in [0.15, 0.2) is 24.3 Å². The van der Waals surface area contributed by atoms with E-state index < -0.39 is 0 Å². The lowest BCUT2D eigenvalue weighted by Gasteiger charge is -2.35. The molecule has 2 N–H and O–H groups in total. The van der Waals surface area contributed by atoms with Gasteiger partial charge in [0.15, 0.2) is 0 Å². The SMILES string of the molecule is C[C@@H]1CN(CC(=O)N(C)c2ccc3cc(-c4n[nH]c5c4CCC(C)(C)C5)[nH]c3c2)C[C@H](C)O1. The Morgan fingerprint density at radius 3 is 2.76 bits per heavy atom. The van der Waals surface area contributed by atoms with Gasteiger partial charge in [0, 0.05) is 48.0 Å². The van der Waals surface area contributed by atoms with Crippen molar-refractivity contribution in [3.63, 3.8) is 0 Å². The molecule has 2 aromatic heterocycles. The van der Waals surface area contributed by atoms with Crippen LogP contribution in [0.1, 0.15) is 45.4 Å². The zero-order chi connectivity index (χ0) is 23.3. The fraction of sp³-hybridized carbons (Fsp3) is 0.538. The molecule has 33 heavy (non-hydrogen) atoms. The monoisotopic (exact) mass is 449 g/mol. The molecular weight excluding hydrogens is 414 g/mol. The molecule has 5 rings (SSSR count). The number of ether oxygens (including phenoxy) is 1. The lowest BCUT2D eigenvalue weighted by Crippen LogP contribution is -2.49. The summed E-state index contributed by atoms with van der Waals surface area (Å²) in [5.74, 6) is 0.0893. The molecule has 0 radical (unpaired) electrons. The van der Waals surface area contributed by atoms with Crippen molar-refractivity contribution in [1.82, 2.24) is 20.1 Å². The van der Waals surface area contributed by atoms with Crippen molar-refractivity contribution < 1.29 is 9.53 Å². The molecule has 1 saturated heterocycles. The maximum Gasteiger partial charge on any atom is 0.240 e. The molecule has 2 aliphatic rings. The van der Waals surface area contributed by atoms with Crippen molar-refractivity contribution in [1.29, 1.82) is 0 Å². The third-order valence-electron chi connectivity index (χ3n) is 7.14. The van der Waals surface area contributed by atoms with Crippen LogP contribution in [0.4, 0.5) is 5.69 Å². The number of fused-ring (bicyclic) bond motifs is 2. The van der Waals surface area contributed by atoms with E-state index in [4.69, 9.17) is 4.74 Å². The minimum absolute atomic E-state index is 0.0893. The average Bonchev–Trinajstić information content (AvgIpc) is 3.34. The third-order valence-corrected chi connectivity index (χ3v) is 7.14. The highest BCUT2D eigenvalue weighted by molar-refractivity contribution is 5.97. The molecule has 0 unspecified atom stereocenters. The van der Waals surface area contributed by atoms with Gasteiger partial charge in [-0.2, -0.15) is 5.10 Å². The van der Waals surface area contributed by atoms with E-state index >= 15 is 0 Å². The average molecular weight is 450 g/mol. The highest BCUT2D eigenvalue weighted by Crippen LogP contribution is 2.38. The number of benzene rings is 1. The summed E-state index contributed by atoms with van der Waals surface area (Å²) < 4.78 is 5.79. The fourth-order valence-corrected chi connectivity index (χ4v) is 5.38. The Morgan fingerprint density at radius 2 is 2.00 bits per heavy atom. The number of aromatic nitrogens is 3. The summed E-state index contributed by atoms with van der Waals surface area (Å²) in [6, 6.07) is 8.32. The fourth-order valence-electron chi connectivity index (χ4n) is 5.38. The van der Waals surface area contributed by atoms with Gasteiger partial charge in [0.25, 0.3) is 0 Å². The molecule has 1 amide bonds. The summed E-state index contributed by atoms with van der Waals surface area (Å²) in [4.78, 5) is 20.5. The van der Waals surface area contributed by atoms with Gasteiger partial charge in [0.1, 0.15) is 5.69 Å². The number of rotatable bonds is 4. The molecule has 0 spiro atoms. The molecule has 1 aliphatic heterocycles. The van der Waals surface area contributed by atoms with Crippen molar-refractivity contribution in [2.75, 3.05) is 31.6 Å². The summed E-state index contributed by atoms with van der Waals surface area (Å²) in [5, 5.41) is 9.06. The summed E-state index contributed by atoms with van der Waals surface area (Å²) in [7, 11) is 1.85. The Labute approximate surface area is 195 Å². The van der Waals surface area contributed by atoms with Gasteiger partial charge in [-0.1, -0.05) is 19.9 Å². The van der Waals surface area contributed by atoms with E-state index in [9.17, 15) is 4.79 Å². The minimum atomic E-state index is 0.0893. The smallest absolute Gasteiger partial charge is 0.240 e. The zero-order valence-corrected chi connectivity index (χ0v) is 20.4. The number of likely N-dealkylation sites (N-methyl/N-ethyl adjacent to an activating group) is 1. The molecule has 7 nitrogen and oxygen atoms in total. The molecule has 7 heteroatoms. The Bertz CT molecular complexity index is 1170. The van der Waals surface area contributed by atoms with Crippen LogP contribution < -0.4 is 4.90 Å². The maximum atomic E-state index is 13.0. The highest BCUT2D eigenvalue weighted by atomic mass is 16.5. The van der Waals surface area contributed by atoms with Crippen LogP contribution in [0, 0.1) is 5.41 Å². The number of aromatic amines is 2. The Hall–Kier alpha value is -2.64. The zero-order valence-electron chi connectivity index (χ0n) is 20.4. The normalized spacial score (nSPS) is 22.9. The first-order valence-corrected chi connectivity index (χ1v) is 12.0. The van der Waals surface area contributed by atoms with E-state index in [1.807, 2.05) is 13.1 Å². The Balaban J connectivity index is 1.35. The number of hydrogen-bond acceptors (Lipinski definition) is 4. The molecule has 1 fully saturated rings. The molecule has 0 saturated carbocycles. The van der Waals surface area contributed by atoms with Gasteiger partial charge >= 0.3 is 0 Å². The third kappa shape index (κ3) is 4.44. The van der Waals surface area contributed by atoms with Gasteiger partial charge < -0.3 is 14.6 Å². The van der Waals surface area contributed by atoms with Crippen LogP contribution in [0.5, 0.6) is 0 Å². The maximum absolute atomic E-state index is 13.0. The second-order valence-corrected chi connectivity index (χ2v) is 10.7. The van der Waals surface area contributed by atoms with Crippen LogP contribution in [0.2, 0.25) is 0 Å². The molecule has 3 heterocycles.